The number of ether oxygens (including phenoxy) is 3. The van der Waals surface area contributed by atoms with Gasteiger partial charge in [0.15, 0.2) is 11.5 Å². The van der Waals surface area contributed by atoms with Crippen LogP contribution >= 0.6 is 0 Å². The molecule has 0 saturated carbocycles. The van der Waals surface area contributed by atoms with Crippen molar-refractivity contribution in [2.45, 2.75) is 0 Å². The Balaban J connectivity index is 2.55. The maximum absolute atomic E-state index is 11.5. The highest BCUT2D eigenvalue weighted by molar-refractivity contribution is 5.96. The summed E-state index contributed by atoms with van der Waals surface area (Å²) in [6.07, 6.45) is 0. The molecular weight excluding hydrogens is 226 g/mol. The summed E-state index contributed by atoms with van der Waals surface area (Å²) in [4.78, 5) is 14.1. The number of fused-ring (bicyclic) bond motifs is 1. The van der Waals surface area contributed by atoms with Gasteiger partial charge in [-0.2, -0.15) is 0 Å². The lowest BCUT2D eigenvalue weighted by Crippen LogP contribution is -2.16. The van der Waals surface area contributed by atoms with Crippen LogP contribution in [0.2, 0.25) is 0 Å². The Morgan fingerprint density at radius 2 is 2.06 bits per heavy atom. The van der Waals surface area contributed by atoms with Crippen LogP contribution in [-0.4, -0.2) is 26.3 Å². The minimum Gasteiger partial charge on any atom is -0.486 e. The molecule has 0 fully saturated rings. The molecule has 0 spiro atoms. The van der Waals surface area contributed by atoms with Gasteiger partial charge in [-0.25, -0.2) is 4.79 Å². The van der Waals surface area contributed by atoms with Gasteiger partial charge in [-0.3, -0.25) is 0 Å². The summed E-state index contributed by atoms with van der Waals surface area (Å²) in [6, 6.07) is 2.91. The van der Waals surface area contributed by atoms with Gasteiger partial charge in [-0.15, -0.1) is 0 Å². The number of benzene rings is 1. The number of hydrogen-bond donors (Lipinski definition) is 0. The van der Waals surface area contributed by atoms with Gasteiger partial charge in [-0.1, -0.05) is 5.11 Å². The first kappa shape index (κ1) is 11.1. The zero-order chi connectivity index (χ0) is 12.3. The van der Waals surface area contributed by atoms with Crippen molar-refractivity contribution >= 4 is 11.7 Å². The Kier molecular flexibility index (Phi) is 3.02. The van der Waals surface area contributed by atoms with Crippen molar-refractivity contribution in [3.63, 3.8) is 0 Å². The molecule has 0 saturated heterocycles. The minimum absolute atomic E-state index is 0.148. The minimum atomic E-state index is -0.593. The van der Waals surface area contributed by atoms with Crippen molar-refractivity contribution in [2.75, 3.05) is 20.3 Å². The Bertz CT molecular complexity index is 509. The number of azide groups is 1. The lowest BCUT2D eigenvalue weighted by molar-refractivity contribution is 0.0600. The van der Waals surface area contributed by atoms with Gasteiger partial charge in [0, 0.05) is 4.91 Å². The topological polar surface area (TPSA) is 93.5 Å². The van der Waals surface area contributed by atoms with Crippen LogP contribution in [0.5, 0.6) is 11.5 Å². The van der Waals surface area contributed by atoms with Gasteiger partial charge in [0.2, 0.25) is 0 Å². The molecule has 1 aliphatic heterocycles. The van der Waals surface area contributed by atoms with Crippen LogP contribution in [0.25, 0.3) is 10.4 Å². The summed E-state index contributed by atoms with van der Waals surface area (Å²) in [5, 5.41) is 3.43. The van der Waals surface area contributed by atoms with E-state index in [1.807, 2.05) is 0 Å². The first-order chi connectivity index (χ1) is 8.26. The molecule has 7 nitrogen and oxygen atoms in total. The molecule has 0 radical (unpaired) electrons. The zero-order valence-electron chi connectivity index (χ0n) is 9.04. The first-order valence-electron chi connectivity index (χ1n) is 4.83. The van der Waals surface area contributed by atoms with Gasteiger partial charge in [-0.05, 0) is 17.7 Å². The summed E-state index contributed by atoms with van der Waals surface area (Å²) in [5.74, 6) is 0.296. The van der Waals surface area contributed by atoms with Crippen LogP contribution in [0.3, 0.4) is 0 Å². The zero-order valence-corrected chi connectivity index (χ0v) is 9.04. The molecule has 1 aliphatic rings. The molecule has 1 heterocycles. The average molecular weight is 235 g/mol. The molecule has 2 rings (SSSR count). The molecule has 0 atom stereocenters. The fourth-order valence-electron chi connectivity index (χ4n) is 1.48. The number of esters is 1. The van der Waals surface area contributed by atoms with Gasteiger partial charge < -0.3 is 14.2 Å². The molecule has 0 N–H and O–H groups in total. The van der Waals surface area contributed by atoms with Crippen molar-refractivity contribution in [1.29, 1.82) is 0 Å². The van der Waals surface area contributed by atoms with Crippen LogP contribution in [0.15, 0.2) is 17.2 Å². The van der Waals surface area contributed by atoms with Crippen molar-refractivity contribution < 1.29 is 19.0 Å². The number of hydrogen-bond acceptors (Lipinski definition) is 5. The number of carbonyl (C=O) groups is 1. The lowest BCUT2D eigenvalue weighted by Gasteiger charge is -2.19. The van der Waals surface area contributed by atoms with Crippen LogP contribution in [0, 0.1) is 0 Å². The Labute approximate surface area is 96.5 Å². The van der Waals surface area contributed by atoms with E-state index in [9.17, 15) is 4.79 Å². The Morgan fingerprint density at radius 1 is 1.41 bits per heavy atom. The third kappa shape index (κ3) is 2.09. The summed E-state index contributed by atoms with van der Waals surface area (Å²) >= 11 is 0. The lowest BCUT2D eigenvalue weighted by atomic mass is 10.1. The standard InChI is InChI=1S/C10H9N3O4/c1-15-10(14)6-4-8-9(17-3-2-16-8)5-7(6)12-13-11/h4-5H,2-3H2,1H3. The average Bonchev–Trinajstić information content (AvgIpc) is 2.37. The second-order valence-electron chi connectivity index (χ2n) is 3.19. The van der Waals surface area contributed by atoms with E-state index in [4.69, 9.17) is 15.0 Å². The quantitative estimate of drug-likeness (QED) is 0.340. The fourth-order valence-corrected chi connectivity index (χ4v) is 1.48. The monoisotopic (exact) mass is 235 g/mol. The molecule has 88 valence electrons. The SMILES string of the molecule is COC(=O)c1cc2c(cc1N=[N+]=[N-])OCCO2. The van der Waals surface area contributed by atoms with Crippen molar-refractivity contribution in [3.8, 4) is 11.5 Å². The van der Waals surface area contributed by atoms with Crippen molar-refractivity contribution in [3.05, 3.63) is 28.1 Å². The number of carbonyl (C=O) groups excluding carboxylic acids is 1. The maximum Gasteiger partial charge on any atom is 0.338 e. The summed E-state index contributed by atoms with van der Waals surface area (Å²) < 4.78 is 15.2. The molecule has 0 amide bonds. The van der Waals surface area contributed by atoms with Crippen LogP contribution in [0.4, 0.5) is 5.69 Å². The molecular formula is C10H9N3O4. The summed E-state index contributed by atoms with van der Waals surface area (Å²) in [6.45, 7) is 0.828. The van der Waals surface area contributed by atoms with E-state index in [1.165, 1.54) is 19.2 Å². The molecule has 0 aromatic heterocycles. The van der Waals surface area contributed by atoms with Gasteiger partial charge in [0.1, 0.15) is 13.2 Å². The first-order valence-corrected chi connectivity index (χ1v) is 4.83. The molecule has 0 bridgehead atoms. The predicted octanol–water partition coefficient (Wildman–Crippen LogP) is 2.19. The van der Waals surface area contributed by atoms with E-state index >= 15 is 0 Å². The highest BCUT2D eigenvalue weighted by Gasteiger charge is 2.19. The second-order valence-corrected chi connectivity index (χ2v) is 3.19. The molecule has 1 aromatic carbocycles. The number of methoxy groups -OCH3 is 1. The van der Waals surface area contributed by atoms with Crippen LogP contribution < -0.4 is 9.47 Å². The largest absolute Gasteiger partial charge is 0.486 e. The predicted molar refractivity (Wildman–Crippen MR) is 57.6 cm³/mol. The number of nitrogens with zero attached hydrogens (tertiary/aromatic N) is 3. The third-order valence-corrected chi connectivity index (χ3v) is 2.22. The highest BCUT2D eigenvalue weighted by Crippen LogP contribution is 2.37. The van der Waals surface area contributed by atoms with E-state index in [0.29, 0.717) is 24.7 Å². The highest BCUT2D eigenvalue weighted by atomic mass is 16.6. The van der Waals surface area contributed by atoms with E-state index in [0.717, 1.165) is 0 Å². The van der Waals surface area contributed by atoms with E-state index in [-0.39, 0.29) is 11.3 Å². The van der Waals surface area contributed by atoms with Crippen LogP contribution in [-0.2, 0) is 4.74 Å². The van der Waals surface area contributed by atoms with Crippen molar-refractivity contribution in [2.24, 2.45) is 5.11 Å². The fraction of sp³-hybridized carbons (Fsp3) is 0.300. The van der Waals surface area contributed by atoms with Gasteiger partial charge in [0.05, 0.1) is 18.4 Å². The van der Waals surface area contributed by atoms with E-state index in [2.05, 4.69) is 14.8 Å². The van der Waals surface area contributed by atoms with E-state index in [1.54, 1.807) is 0 Å². The van der Waals surface area contributed by atoms with E-state index < -0.39 is 5.97 Å². The van der Waals surface area contributed by atoms with Crippen LogP contribution in [0.1, 0.15) is 10.4 Å². The van der Waals surface area contributed by atoms with Crippen molar-refractivity contribution in [1.82, 2.24) is 0 Å². The Hall–Kier alpha value is -2.40. The smallest absolute Gasteiger partial charge is 0.338 e. The second kappa shape index (κ2) is 4.63. The Morgan fingerprint density at radius 3 is 2.65 bits per heavy atom. The summed E-state index contributed by atoms with van der Waals surface area (Å²) in [7, 11) is 1.25. The number of rotatable bonds is 2. The van der Waals surface area contributed by atoms with Gasteiger partial charge in [0.25, 0.3) is 0 Å². The maximum atomic E-state index is 11.5. The molecule has 1 aromatic rings. The summed E-state index contributed by atoms with van der Waals surface area (Å²) in [5.41, 5.74) is 8.74. The third-order valence-electron chi connectivity index (χ3n) is 2.22. The molecule has 0 aliphatic carbocycles. The molecule has 7 heteroatoms. The molecule has 17 heavy (non-hydrogen) atoms. The normalized spacial score (nSPS) is 12.5. The molecule has 0 unspecified atom stereocenters. The van der Waals surface area contributed by atoms with Gasteiger partial charge >= 0.3 is 5.97 Å².